The Balaban J connectivity index is 1.71. The average Bonchev–Trinajstić information content (AvgIpc) is 2.80. The van der Waals surface area contributed by atoms with Gasteiger partial charge >= 0.3 is 0 Å². The van der Waals surface area contributed by atoms with Crippen LogP contribution in [-0.4, -0.2) is 15.0 Å². The first-order chi connectivity index (χ1) is 14.4. The molecular formula is C25H16N4. The van der Waals surface area contributed by atoms with Gasteiger partial charge in [0.05, 0.1) is 5.69 Å². The monoisotopic (exact) mass is 372 g/mol. The Hall–Kier alpha value is -4.05. The third kappa shape index (κ3) is 2.43. The van der Waals surface area contributed by atoms with E-state index in [9.17, 15) is 0 Å². The van der Waals surface area contributed by atoms with Gasteiger partial charge in [-0.3, -0.25) is 9.88 Å². The Labute approximate surface area is 168 Å². The van der Waals surface area contributed by atoms with Crippen molar-refractivity contribution in [3.63, 3.8) is 0 Å². The lowest BCUT2D eigenvalue weighted by Crippen LogP contribution is -2.16. The molecule has 0 aliphatic carbocycles. The van der Waals surface area contributed by atoms with Gasteiger partial charge in [-0.15, -0.1) is 0 Å². The number of hydrogen-bond acceptors (Lipinski definition) is 4. The maximum absolute atomic E-state index is 4.67. The van der Waals surface area contributed by atoms with Crippen molar-refractivity contribution in [3.05, 3.63) is 97.7 Å². The molecule has 5 aromatic rings. The van der Waals surface area contributed by atoms with Gasteiger partial charge in [0.25, 0.3) is 0 Å². The van der Waals surface area contributed by atoms with Gasteiger partial charge < -0.3 is 0 Å². The van der Waals surface area contributed by atoms with Crippen molar-refractivity contribution in [1.29, 1.82) is 0 Å². The van der Waals surface area contributed by atoms with Crippen molar-refractivity contribution in [1.82, 2.24) is 15.0 Å². The first kappa shape index (κ1) is 16.0. The van der Waals surface area contributed by atoms with E-state index in [0.717, 1.165) is 39.4 Å². The Morgan fingerprint density at radius 3 is 2.41 bits per heavy atom. The summed E-state index contributed by atoms with van der Waals surface area (Å²) in [6.07, 6.45) is 7.19. The largest absolute Gasteiger partial charge is 0.294 e. The highest BCUT2D eigenvalue weighted by Gasteiger charge is 2.27. The fourth-order valence-electron chi connectivity index (χ4n) is 4.16. The average molecular weight is 372 g/mol. The number of benzene rings is 3. The highest BCUT2D eigenvalue weighted by atomic mass is 15.2. The number of pyridine rings is 1. The normalized spacial score (nSPS) is 12.1. The zero-order chi connectivity index (χ0) is 19.2. The molecule has 1 aliphatic heterocycles. The summed E-state index contributed by atoms with van der Waals surface area (Å²) in [5.74, 6) is 0.901. The summed E-state index contributed by atoms with van der Waals surface area (Å²) in [6.45, 7) is 0. The summed E-state index contributed by atoms with van der Waals surface area (Å²) < 4.78 is 0. The predicted octanol–water partition coefficient (Wildman–Crippen LogP) is 6.14. The number of nitrogens with zero attached hydrogens (tertiary/aromatic N) is 4. The fraction of sp³-hybridized carbons (Fsp3) is 0. The number of fused-ring (bicyclic) bond motifs is 2. The molecule has 6 rings (SSSR count). The lowest BCUT2D eigenvalue weighted by Gasteiger charge is -2.32. The van der Waals surface area contributed by atoms with Gasteiger partial charge in [0.2, 0.25) is 0 Å². The minimum atomic E-state index is 0.901. The Bertz CT molecular complexity index is 1350. The first-order valence-electron chi connectivity index (χ1n) is 9.53. The molecule has 0 spiro atoms. The standard InChI is InChI=1S/C25H16N4/c1-2-6-20(7-3-1)29-23-8-4-5-18-13-19(17-9-11-26-12-10-17)14-21(24(18)23)22-15-27-16-28-25(22)29/h1-16H. The third-order valence-electron chi connectivity index (χ3n) is 5.42. The van der Waals surface area contributed by atoms with Crippen molar-refractivity contribution in [2.24, 2.45) is 0 Å². The van der Waals surface area contributed by atoms with Crippen molar-refractivity contribution in [3.8, 4) is 22.3 Å². The van der Waals surface area contributed by atoms with Gasteiger partial charge in [-0.2, -0.15) is 0 Å². The van der Waals surface area contributed by atoms with Gasteiger partial charge in [0.1, 0.15) is 12.1 Å². The molecule has 0 unspecified atom stereocenters. The van der Waals surface area contributed by atoms with Crippen LogP contribution in [-0.2, 0) is 0 Å². The summed E-state index contributed by atoms with van der Waals surface area (Å²) in [7, 11) is 0. The van der Waals surface area contributed by atoms with E-state index in [1.807, 2.05) is 36.8 Å². The molecule has 0 saturated carbocycles. The highest BCUT2D eigenvalue weighted by Crippen LogP contribution is 2.50. The zero-order valence-corrected chi connectivity index (χ0v) is 15.5. The molecular weight excluding hydrogens is 356 g/mol. The number of para-hydroxylation sites is 1. The number of hydrogen-bond donors (Lipinski definition) is 0. The molecule has 0 amide bonds. The van der Waals surface area contributed by atoms with Gasteiger partial charge in [-0.05, 0) is 64.5 Å². The highest BCUT2D eigenvalue weighted by molar-refractivity contribution is 6.14. The van der Waals surface area contributed by atoms with E-state index in [1.165, 1.54) is 10.8 Å². The molecule has 3 aromatic carbocycles. The maximum Gasteiger partial charge on any atom is 0.148 e. The van der Waals surface area contributed by atoms with E-state index in [2.05, 4.69) is 74.4 Å². The zero-order valence-electron chi connectivity index (χ0n) is 15.5. The molecule has 4 nitrogen and oxygen atoms in total. The van der Waals surface area contributed by atoms with Crippen LogP contribution in [0.5, 0.6) is 0 Å². The van der Waals surface area contributed by atoms with Crippen molar-refractivity contribution in [2.45, 2.75) is 0 Å². The van der Waals surface area contributed by atoms with E-state index in [0.29, 0.717) is 0 Å². The number of aromatic nitrogens is 3. The molecule has 4 heteroatoms. The Morgan fingerprint density at radius 1 is 0.690 bits per heavy atom. The number of rotatable bonds is 2. The summed E-state index contributed by atoms with van der Waals surface area (Å²) in [5.41, 5.74) is 6.73. The van der Waals surface area contributed by atoms with Crippen molar-refractivity contribution >= 4 is 28.0 Å². The minimum absolute atomic E-state index is 0.901. The maximum atomic E-state index is 4.67. The van der Waals surface area contributed by atoms with E-state index in [1.54, 1.807) is 6.33 Å². The Morgan fingerprint density at radius 2 is 1.55 bits per heavy atom. The quantitative estimate of drug-likeness (QED) is 0.366. The van der Waals surface area contributed by atoms with E-state index in [4.69, 9.17) is 0 Å². The Kier molecular flexibility index (Phi) is 3.43. The van der Waals surface area contributed by atoms with Gasteiger partial charge in [-0.1, -0.05) is 30.3 Å². The topological polar surface area (TPSA) is 41.9 Å². The third-order valence-corrected chi connectivity index (χ3v) is 5.42. The van der Waals surface area contributed by atoms with E-state index in [-0.39, 0.29) is 0 Å². The van der Waals surface area contributed by atoms with Crippen LogP contribution in [0.4, 0.5) is 17.2 Å². The molecule has 0 fully saturated rings. The lowest BCUT2D eigenvalue weighted by molar-refractivity contribution is 1.11. The van der Waals surface area contributed by atoms with Crippen LogP contribution in [0.2, 0.25) is 0 Å². The molecule has 1 aliphatic rings. The second-order valence-electron chi connectivity index (χ2n) is 7.07. The van der Waals surface area contributed by atoms with E-state index < -0.39 is 0 Å². The smallest absolute Gasteiger partial charge is 0.148 e. The second-order valence-corrected chi connectivity index (χ2v) is 7.07. The summed E-state index contributed by atoms with van der Waals surface area (Å²) in [6, 6.07) is 25.4. The summed E-state index contributed by atoms with van der Waals surface area (Å²) in [5, 5.41) is 2.42. The van der Waals surface area contributed by atoms with Crippen LogP contribution in [0, 0.1) is 0 Å². The molecule has 0 bridgehead atoms. The second kappa shape index (κ2) is 6.24. The van der Waals surface area contributed by atoms with Crippen molar-refractivity contribution < 1.29 is 0 Å². The molecule has 29 heavy (non-hydrogen) atoms. The number of anilines is 3. The summed E-state index contributed by atoms with van der Waals surface area (Å²) >= 11 is 0. The molecule has 0 radical (unpaired) electrons. The van der Waals surface area contributed by atoms with Crippen LogP contribution in [0.3, 0.4) is 0 Å². The van der Waals surface area contributed by atoms with E-state index >= 15 is 0 Å². The molecule has 0 N–H and O–H groups in total. The lowest BCUT2D eigenvalue weighted by atomic mass is 9.90. The van der Waals surface area contributed by atoms with Gasteiger partial charge in [0.15, 0.2) is 0 Å². The molecule has 136 valence electrons. The minimum Gasteiger partial charge on any atom is -0.294 e. The van der Waals surface area contributed by atoms with Gasteiger partial charge in [0, 0.05) is 35.2 Å². The van der Waals surface area contributed by atoms with Crippen LogP contribution in [0.15, 0.2) is 97.7 Å². The van der Waals surface area contributed by atoms with Crippen LogP contribution in [0.1, 0.15) is 0 Å². The molecule has 0 atom stereocenters. The molecule has 0 saturated heterocycles. The van der Waals surface area contributed by atoms with Crippen molar-refractivity contribution in [2.75, 3.05) is 4.90 Å². The molecule has 3 heterocycles. The van der Waals surface area contributed by atoms with Crippen LogP contribution in [0.25, 0.3) is 33.0 Å². The summed E-state index contributed by atoms with van der Waals surface area (Å²) in [4.78, 5) is 15.4. The van der Waals surface area contributed by atoms with Crippen LogP contribution < -0.4 is 4.90 Å². The van der Waals surface area contributed by atoms with Crippen LogP contribution >= 0.6 is 0 Å². The molecule has 2 aromatic heterocycles. The first-order valence-corrected chi connectivity index (χ1v) is 9.53. The van der Waals surface area contributed by atoms with Gasteiger partial charge in [-0.25, -0.2) is 9.97 Å². The SMILES string of the molecule is c1ccc(N2c3ncncc3-c3cc(-c4ccncc4)cc4cccc2c34)cc1. The fourth-order valence-corrected chi connectivity index (χ4v) is 4.16. The predicted molar refractivity (Wildman–Crippen MR) is 116 cm³/mol.